The molecule has 2 rings (SSSR count). The van der Waals surface area contributed by atoms with Crippen molar-refractivity contribution in [2.45, 2.75) is 25.3 Å². The standard InChI is InChI=1S/C22H23FN2O5/c23-14-19(26)24-13-5-4-8-18(22(29)30)25-21(28)17-11-9-16(10-12-17)20(27)15-6-2-1-3-7-15/h1-3,6-7,9-12,18H,4-5,8,13-14H2,(H,24,26)(H,25,28)(H,29,30). The molecule has 0 saturated carbocycles. The van der Waals surface area contributed by atoms with E-state index in [1.165, 1.54) is 24.3 Å². The highest BCUT2D eigenvalue weighted by molar-refractivity contribution is 6.09. The van der Waals surface area contributed by atoms with Gasteiger partial charge in [-0.1, -0.05) is 42.5 Å². The average molecular weight is 414 g/mol. The number of carbonyl (C=O) groups excluding carboxylic acids is 3. The molecule has 1 atom stereocenters. The molecule has 2 aromatic carbocycles. The number of carboxylic acid groups (broad SMARTS) is 1. The highest BCUT2D eigenvalue weighted by atomic mass is 19.1. The van der Waals surface area contributed by atoms with Gasteiger partial charge in [0.05, 0.1) is 0 Å². The van der Waals surface area contributed by atoms with E-state index in [2.05, 4.69) is 10.6 Å². The summed E-state index contributed by atoms with van der Waals surface area (Å²) in [7, 11) is 0. The van der Waals surface area contributed by atoms with Crippen molar-refractivity contribution in [3.8, 4) is 0 Å². The summed E-state index contributed by atoms with van der Waals surface area (Å²) in [5.74, 6) is -2.63. The van der Waals surface area contributed by atoms with Gasteiger partial charge in [-0.2, -0.15) is 0 Å². The lowest BCUT2D eigenvalue weighted by Gasteiger charge is -2.15. The maximum Gasteiger partial charge on any atom is 0.326 e. The molecule has 7 nitrogen and oxygen atoms in total. The molecule has 158 valence electrons. The number of alkyl halides is 1. The summed E-state index contributed by atoms with van der Waals surface area (Å²) in [6.07, 6.45) is 1.05. The highest BCUT2D eigenvalue weighted by Gasteiger charge is 2.20. The first kappa shape index (κ1) is 22.7. The van der Waals surface area contributed by atoms with Gasteiger partial charge in [-0.25, -0.2) is 9.18 Å². The molecule has 0 heterocycles. The molecular weight excluding hydrogens is 391 g/mol. The van der Waals surface area contributed by atoms with Crippen LogP contribution in [0.5, 0.6) is 0 Å². The number of ketones is 1. The monoisotopic (exact) mass is 414 g/mol. The van der Waals surface area contributed by atoms with E-state index in [1.54, 1.807) is 24.3 Å². The summed E-state index contributed by atoms with van der Waals surface area (Å²) in [5.41, 5.74) is 1.19. The van der Waals surface area contributed by atoms with Gasteiger partial charge in [0.25, 0.3) is 11.8 Å². The molecule has 0 spiro atoms. The van der Waals surface area contributed by atoms with Crippen LogP contribution in [0.2, 0.25) is 0 Å². The largest absolute Gasteiger partial charge is 0.480 e. The molecule has 2 aromatic rings. The SMILES string of the molecule is O=C(CF)NCCCCC(NC(=O)c1ccc(C(=O)c2ccccc2)cc1)C(=O)O. The average Bonchev–Trinajstić information content (AvgIpc) is 2.77. The molecule has 0 aliphatic heterocycles. The topological polar surface area (TPSA) is 113 Å². The predicted octanol–water partition coefficient (Wildman–Crippen LogP) is 2.36. The van der Waals surface area contributed by atoms with Crippen LogP contribution in [0, 0.1) is 0 Å². The molecule has 0 aliphatic carbocycles. The number of halogens is 1. The van der Waals surface area contributed by atoms with Crippen molar-refractivity contribution < 1.29 is 28.7 Å². The number of rotatable bonds is 11. The molecule has 0 radical (unpaired) electrons. The third-order valence-electron chi connectivity index (χ3n) is 4.41. The normalized spacial score (nSPS) is 11.4. The van der Waals surface area contributed by atoms with Gasteiger partial charge in [0.1, 0.15) is 6.04 Å². The van der Waals surface area contributed by atoms with Crippen LogP contribution >= 0.6 is 0 Å². The Balaban J connectivity index is 1.90. The van der Waals surface area contributed by atoms with Crippen molar-refractivity contribution in [3.63, 3.8) is 0 Å². The van der Waals surface area contributed by atoms with Crippen LogP contribution in [0.3, 0.4) is 0 Å². The highest BCUT2D eigenvalue weighted by Crippen LogP contribution is 2.12. The summed E-state index contributed by atoms with van der Waals surface area (Å²) in [5, 5.41) is 14.1. The van der Waals surface area contributed by atoms with Crippen LogP contribution in [0.1, 0.15) is 45.5 Å². The Morgan fingerprint density at radius 2 is 1.47 bits per heavy atom. The maximum atomic E-state index is 12.4. The summed E-state index contributed by atoms with van der Waals surface area (Å²) in [6.45, 7) is -0.858. The van der Waals surface area contributed by atoms with Crippen molar-refractivity contribution in [1.29, 1.82) is 0 Å². The lowest BCUT2D eigenvalue weighted by Crippen LogP contribution is -2.40. The van der Waals surface area contributed by atoms with Gasteiger partial charge in [0, 0.05) is 23.2 Å². The van der Waals surface area contributed by atoms with E-state index in [-0.39, 0.29) is 24.3 Å². The minimum Gasteiger partial charge on any atom is -0.480 e. The fourth-order valence-electron chi connectivity index (χ4n) is 2.78. The van der Waals surface area contributed by atoms with Crippen molar-refractivity contribution >= 4 is 23.6 Å². The van der Waals surface area contributed by atoms with E-state index in [0.29, 0.717) is 24.0 Å². The van der Waals surface area contributed by atoms with Gasteiger partial charge < -0.3 is 15.7 Å². The fourth-order valence-corrected chi connectivity index (χ4v) is 2.78. The Hall–Kier alpha value is -3.55. The van der Waals surface area contributed by atoms with E-state index >= 15 is 0 Å². The zero-order valence-electron chi connectivity index (χ0n) is 16.3. The van der Waals surface area contributed by atoms with E-state index in [0.717, 1.165) is 0 Å². The summed E-state index contributed by atoms with van der Waals surface area (Å²) in [4.78, 5) is 47.0. The second-order valence-electron chi connectivity index (χ2n) is 6.62. The number of carboxylic acids is 1. The zero-order chi connectivity index (χ0) is 21.9. The van der Waals surface area contributed by atoms with Crippen LogP contribution in [-0.2, 0) is 9.59 Å². The Morgan fingerprint density at radius 1 is 0.867 bits per heavy atom. The number of benzene rings is 2. The van der Waals surface area contributed by atoms with Gasteiger partial charge in [0.2, 0.25) is 0 Å². The van der Waals surface area contributed by atoms with Crippen molar-refractivity contribution in [1.82, 2.24) is 10.6 Å². The van der Waals surface area contributed by atoms with Gasteiger partial charge in [-0.3, -0.25) is 14.4 Å². The maximum absolute atomic E-state index is 12.4. The van der Waals surface area contributed by atoms with Crippen molar-refractivity contribution in [3.05, 3.63) is 71.3 Å². The Morgan fingerprint density at radius 3 is 2.07 bits per heavy atom. The first-order valence-electron chi connectivity index (χ1n) is 9.48. The first-order valence-corrected chi connectivity index (χ1v) is 9.48. The van der Waals surface area contributed by atoms with Crippen LogP contribution in [0.15, 0.2) is 54.6 Å². The third-order valence-corrected chi connectivity index (χ3v) is 4.41. The summed E-state index contributed by atoms with van der Waals surface area (Å²) in [6, 6.07) is 13.6. The lowest BCUT2D eigenvalue weighted by molar-refractivity contribution is -0.139. The zero-order valence-corrected chi connectivity index (χ0v) is 16.3. The molecule has 0 aliphatic rings. The molecular formula is C22H23FN2O5. The number of hydrogen-bond acceptors (Lipinski definition) is 4. The number of carbonyl (C=O) groups is 4. The van der Waals surface area contributed by atoms with Crippen LogP contribution in [-0.4, -0.2) is 47.9 Å². The van der Waals surface area contributed by atoms with E-state index in [4.69, 9.17) is 0 Å². The van der Waals surface area contributed by atoms with Crippen LogP contribution < -0.4 is 10.6 Å². The second kappa shape index (κ2) is 11.5. The molecule has 8 heteroatoms. The fraction of sp³-hybridized carbons (Fsp3) is 0.273. The Kier molecular flexibility index (Phi) is 8.68. The smallest absolute Gasteiger partial charge is 0.326 e. The van der Waals surface area contributed by atoms with Gasteiger partial charge in [-0.05, 0) is 31.4 Å². The summed E-state index contributed by atoms with van der Waals surface area (Å²) >= 11 is 0. The van der Waals surface area contributed by atoms with Gasteiger partial charge in [-0.15, -0.1) is 0 Å². The molecule has 1 unspecified atom stereocenters. The molecule has 30 heavy (non-hydrogen) atoms. The van der Waals surface area contributed by atoms with Crippen molar-refractivity contribution in [2.75, 3.05) is 13.2 Å². The van der Waals surface area contributed by atoms with Crippen LogP contribution in [0.4, 0.5) is 4.39 Å². The number of unbranched alkanes of at least 4 members (excludes halogenated alkanes) is 1. The molecule has 0 aromatic heterocycles. The van der Waals surface area contributed by atoms with Gasteiger partial charge in [0.15, 0.2) is 12.5 Å². The number of hydrogen-bond donors (Lipinski definition) is 3. The lowest BCUT2D eigenvalue weighted by atomic mass is 10.0. The Labute approximate surface area is 173 Å². The molecule has 0 bridgehead atoms. The van der Waals surface area contributed by atoms with Crippen LogP contribution in [0.25, 0.3) is 0 Å². The third kappa shape index (κ3) is 6.80. The van der Waals surface area contributed by atoms with Gasteiger partial charge >= 0.3 is 5.97 Å². The molecule has 0 fully saturated rings. The molecule has 3 N–H and O–H groups in total. The van der Waals surface area contributed by atoms with E-state index < -0.39 is 30.5 Å². The number of nitrogens with one attached hydrogen (secondary N) is 2. The molecule has 0 saturated heterocycles. The van der Waals surface area contributed by atoms with Crippen molar-refractivity contribution in [2.24, 2.45) is 0 Å². The minimum atomic E-state index is -1.17. The Bertz CT molecular complexity index is 884. The quantitative estimate of drug-likeness (QED) is 0.386. The van der Waals surface area contributed by atoms with E-state index in [9.17, 15) is 28.7 Å². The first-order chi connectivity index (χ1) is 14.4. The number of aliphatic carboxylic acids is 1. The number of amides is 2. The second-order valence-corrected chi connectivity index (χ2v) is 6.62. The minimum absolute atomic E-state index is 0.164. The summed E-state index contributed by atoms with van der Waals surface area (Å²) < 4.78 is 12.0. The predicted molar refractivity (Wildman–Crippen MR) is 108 cm³/mol. The molecule has 2 amide bonds. The van der Waals surface area contributed by atoms with E-state index in [1.807, 2.05) is 6.07 Å².